The molecule has 0 unspecified atom stereocenters. The molecule has 168 valence electrons. The molecule has 0 atom stereocenters. The third-order valence-corrected chi connectivity index (χ3v) is 6.14. The highest BCUT2D eigenvalue weighted by Crippen LogP contribution is 2.38. The van der Waals surface area contributed by atoms with Gasteiger partial charge in [-0.3, -0.25) is 0 Å². The zero-order valence-electron chi connectivity index (χ0n) is 20.0. The zero-order valence-corrected chi connectivity index (χ0v) is 20.0. The Morgan fingerprint density at radius 3 is 1.53 bits per heavy atom. The third kappa shape index (κ3) is 3.95. The molecule has 0 saturated carbocycles. The van der Waals surface area contributed by atoms with Crippen LogP contribution in [0.3, 0.4) is 0 Å². The smallest absolute Gasteiger partial charge is 0.0613 e. The summed E-state index contributed by atoms with van der Waals surface area (Å²) < 4.78 is 0. The predicted molar refractivity (Wildman–Crippen MR) is 150 cm³/mol. The number of hydrogen-bond acceptors (Lipinski definition) is 2. The van der Waals surface area contributed by atoms with Gasteiger partial charge in [0.15, 0.2) is 0 Å². The number of hydrogen-bond donors (Lipinski definition) is 0. The number of nitrogens with zero attached hydrogens (tertiary/aromatic N) is 2. The molecule has 0 heterocycles. The minimum Gasteiger partial charge on any atom is -0.314 e. The normalized spacial score (nSPS) is 11.3. The van der Waals surface area contributed by atoms with Gasteiger partial charge in [0.05, 0.1) is 11.4 Å². The monoisotopic (exact) mass is 442 g/mol. The lowest BCUT2D eigenvalue weighted by atomic mass is 9.99. The van der Waals surface area contributed by atoms with Gasteiger partial charge in [0.2, 0.25) is 0 Å². The van der Waals surface area contributed by atoms with E-state index in [9.17, 15) is 0 Å². The average Bonchev–Trinajstić information content (AvgIpc) is 2.89. The highest BCUT2D eigenvalue weighted by atomic mass is 15.2. The summed E-state index contributed by atoms with van der Waals surface area (Å²) in [5.74, 6) is 0. The van der Waals surface area contributed by atoms with E-state index in [1.165, 1.54) is 0 Å². The van der Waals surface area contributed by atoms with Crippen LogP contribution in [-0.4, -0.2) is 0 Å². The predicted octanol–water partition coefficient (Wildman–Crippen LogP) is 7.56. The van der Waals surface area contributed by atoms with Gasteiger partial charge in [-0.15, -0.1) is 0 Å². The third-order valence-electron chi connectivity index (χ3n) is 6.14. The summed E-state index contributed by atoms with van der Waals surface area (Å²) in [7, 11) is 0. The number of benzene rings is 4. The Labute approximate surface area is 202 Å². The van der Waals surface area contributed by atoms with E-state index in [4.69, 9.17) is 0 Å². The molecule has 0 amide bonds. The van der Waals surface area contributed by atoms with E-state index in [1.54, 1.807) is 6.08 Å². The van der Waals surface area contributed by atoms with E-state index in [-0.39, 0.29) is 0 Å². The van der Waals surface area contributed by atoms with Crippen molar-refractivity contribution in [3.63, 3.8) is 0 Å². The molecule has 34 heavy (non-hydrogen) atoms. The highest BCUT2D eigenvalue weighted by Gasteiger charge is 2.22. The maximum atomic E-state index is 4.54. The molecule has 2 heteroatoms. The second-order valence-electron chi connectivity index (χ2n) is 8.17. The first-order valence-corrected chi connectivity index (χ1v) is 11.4. The Kier molecular flexibility index (Phi) is 6.51. The Balaban J connectivity index is 2.12. The van der Waals surface area contributed by atoms with Crippen molar-refractivity contribution >= 4 is 46.7 Å². The van der Waals surface area contributed by atoms with Crippen LogP contribution in [0.1, 0.15) is 13.8 Å². The van der Waals surface area contributed by atoms with Crippen molar-refractivity contribution in [1.82, 2.24) is 0 Å². The molecule has 0 fully saturated rings. The molecule has 0 aromatic heterocycles. The lowest BCUT2D eigenvalue weighted by molar-refractivity contribution is 1.14. The Hall–Kier alpha value is -4.30. The van der Waals surface area contributed by atoms with Gasteiger partial charge in [-0.2, -0.15) is 0 Å². The van der Waals surface area contributed by atoms with Crippen LogP contribution >= 0.6 is 0 Å². The van der Waals surface area contributed by atoms with Crippen molar-refractivity contribution in [2.75, 3.05) is 9.80 Å². The number of para-hydroxylation sites is 2. The highest BCUT2D eigenvalue weighted by molar-refractivity contribution is 6.06. The Morgan fingerprint density at radius 2 is 1.09 bits per heavy atom. The largest absolute Gasteiger partial charge is 0.314 e. The molecule has 2 nitrogen and oxygen atoms in total. The summed E-state index contributed by atoms with van der Waals surface area (Å²) in [5, 5.41) is 3.89. The van der Waals surface area contributed by atoms with Crippen LogP contribution in [0.15, 0.2) is 122 Å². The minimum absolute atomic E-state index is 0.776. The maximum Gasteiger partial charge on any atom is 0.0613 e. The Morgan fingerprint density at radius 1 is 0.676 bits per heavy atom. The van der Waals surface area contributed by atoms with Crippen molar-refractivity contribution in [2.45, 2.75) is 13.8 Å². The van der Waals surface area contributed by atoms with Crippen LogP contribution in [0.2, 0.25) is 0 Å². The SMILES string of the molecule is C=CC(=C)N(c1ccccc1)c1c(=C)c(=C)c(N(C(C)=CC)c2ccccc2)c2ccccc12. The molecular formula is C32H30N2. The molecule has 0 bridgehead atoms. The number of fused-ring (bicyclic) bond motifs is 1. The van der Waals surface area contributed by atoms with Crippen molar-refractivity contribution in [3.8, 4) is 0 Å². The summed E-state index contributed by atoms with van der Waals surface area (Å²) in [5.41, 5.74) is 5.96. The van der Waals surface area contributed by atoms with Gasteiger partial charge in [-0.05, 0) is 44.2 Å². The number of rotatable bonds is 7. The van der Waals surface area contributed by atoms with Crippen LogP contribution < -0.4 is 20.2 Å². The maximum absolute atomic E-state index is 4.54. The Bertz CT molecular complexity index is 1380. The first-order chi connectivity index (χ1) is 16.5. The second kappa shape index (κ2) is 9.68. The molecule has 0 aliphatic heterocycles. The lowest BCUT2D eigenvalue weighted by Crippen LogP contribution is -2.35. The van der Waals surface area contributed by atoms with E-state index in [0.717, 1.165) is 55.4 Å². The first-order valence-electron chi connectivity index (χ1n) is 11.4. The average molecular weight is 443 g/mol. The van der Waals surface area contributed by atoms with Gasteiger partial charge in [-0.1, -0.05) is 93.1 Å². The summed E-state index contributed by atoms with van der Waals surface area (Å²) in [6, 6.07) is 29.0. The van der Waals surface area contributed by atoms with Crippen LogP contribution in [0, 0.1) is 0 Å². The fourth-order valence-corrected chi connectivity index (χ4v) is 4.34. The quantitative estimate of drug-likeness (QED) is 0.273. The molecule has 0 radical (unpaired) electrons. The van der Waals surface area contributed by atoms with Crippen LogP contribution in [0.25, 0.3) is 23.9 Å². The lowest BCUT2D eigenvalue weighted by Gasteiger charge is -2.32. The van der Waals surface area contributed by atoms with Gasteiger partial charge >= 0.3 is 0 Å². The van der Waals surface area contributed by atoms with Crippen LogP contribution in [0.5, 0.6) is 0 Å². The summed E-state index contributed by atoms with van der Waals surface area (Å²) in [4.78, 5) is 4.38. The number of anilines is 4. The van der Waals surface area contributed by atoms with Crippen molar-refractivity contribution in [3.05, 3.63) is 132 Å². The van der Waals surface area contributed by atoms with E-state index in [1.807, 2.05) is 24.3 Å². The van der Waals surface area contributed by atoms with Gasteiger partial charge in [0.1, 0.15) is 0 Å². The zero-order chi connectivity index (χ0) is 24.2. The molecule has 0 saturated heterocycles. The fraction of sp³-hybridized carbons (Fsp3) is 0.0625. The molecule has 0 N–H and O–H groups in total. The van der Waals surface area contributed by atoms with Gasteiger partial charge in [-0.25, -0.2) is 0 Å². The molecule has 4 rings (SSSR count). The number of allylic oxidation sites excluding steroid dienone is 3. The molecule has 0 aliphatic carbocycles. The summed E-state index contributed by atoms with van der Waals surface area (Å²) >= 11 is 0. The molecule has 0 aliphatic rings. The summed E-state index contributed by atoms with van der Waals surface area (Å²) in [6.07, 6.45) is 3.89. The van der Waals surface area contributed by atoms with Gasteiger partial charge in [0.25, 0.3) is 0 Å². The molecule has 4 aromatic rings. The first kappa shape index (κ1) is 22.9. The van der Waals surface area contributed by atoms with Crippen molar-refractivity contribution in [1.29, 1.82) is 0 Å². The minimum atomic E-state index is 0.776. The molecule has 4 aromatic carbocycles. The van der Waals surface area contributed by atoms with E-state index in [0.29, 0.717) is 0 Å². The van der Waals surface area contributed by atoms with Gasteiger partial charge in [0, 0.05) is 44.0 Å². The van der Waals surface area contributed by atoms with Gasteiger partial charge < -0.3 is 9.80 Å². The van der Waals surface area contributed by atoms with E-state index < -0.39 is 0 Å². The van der Waals surface area contributed by atoms with E-state index in [2.05, 4.69) is 117 Å². The van der Waals surface area contributed by atoms with Crippen LogP contribution in [-0.2, 0) is 0 Å². The topological polar surface area (TPSA) is 6.48 Å². The summed E-state index contributed by atoms with van der Waals surface area (Å²) in [6.45, 7) is 21.5. The fourth-order valence-electron chi connectivity index (χ4n) is 4.34. The van der Waals surface area contributed by atoms with Crippen molar-refractivity contribution < 1.29 is 0 Å². The second-order valence-corrected chi connectivity index (χ2v) is 8.17. The standard InChI is InChI=1S/C32H30N2/c1-7-23(3)33(27-17-11-9-12-18-27)31-25(5)26(6)32(30-22-16-15-21-29(30)31)34(24(4)8-2)28-19-13-10-14-20-28/h7-22H,1,3,5-6H2,2,4H3. The molecule has 0 spiro atoms. The van der Waals surface area contributed by atoms with Crippen LogP contribution in [0.4, 0.5) is 22.7 Å². The van der Waals surface area contributed by atoms with E-state index >= 15 is 0 Å². The van der Waals surface area contributed by atoms with Crippen molar-refractivity contribution in [2.24, 2.45) is 0 Å². The molecular weight excluding hydrogens is 412 g/mol.